The van der Waals surface area contributed by atoms with E-state index in [0.29, 0.717) is 17.9 Å². The van der Waals surface area contributed by atoms with Crippen molar-refractivity contribution in [3.63, 3.8) is 0 Å². The molecule has 1 saturated carbocycles. The van der Waals surface area contributed by atoms with Crippen LogP contribution in [0.15, 0.2) is 78.9 Å². The number of aromatic nitrogens is 2. The van der Waals surface area contributed by atoms with Crippen molar-refractivity contribution in [1.29, 1.82) is 0 Å². The van der Waals surface area contributed by atoms with Crippen LogP contribution in [0.2, 0.25) is 0 Å². The van der Waals surface area contributed by atoms with Crippen LogP contribution < -0.4 is 5.32 Å². The molecule has 0 unspecified atom stereocenters. The van der Waals surface area contributed by atoms with Gasteiger partial charge in [-0.3, -0.25) is 9.59 Å². The van der Waals surface area contributed by atoms with Gasteiger partial charge < -0.3 is 14.8 Å². The lowest BCUT2D eigenvalue weighted by Gasteiger charge is -2.35. The molecular formula is C31H34N4O2. The van der Waals surface area contributed by atoms with Crippen molar-refractivity contribution in [2.24, 2.45) is 0 Å². The van der Waals surface area contributed by atoms with Crippen molar-refractivity contribution in [3.8, 4) is 0 Å². The molecule has 0 bridgehead atoms. The van der Waals surface area contributed by atoms with Gasteiger partial charge in [-0.25, -0.2) is 4.98 Å². The summed E-state index contributed by atoms with van der Waals surface area (Å²) in [5, 5.41) is 3.02. The van der Waals surface area contributed by atoms with E-state index in [4.69, 9.17) is 4.98 Å². The Labute approximate surface area is 218 Å². The zero-order chi connectivity index (χ0) is 25.6. The van der Waals surface area contributed by atoms with Crippen molar-refractivity contribution in [1.82, 2.24) is 19.8 Å². The standard InChI is InChI=1S/C31H34N4O2/c1-23-12-8-9-17-26(23)31(37)32-20-29-33-27-18-10-11-19-28(27)35(29)22-30(36)34(25-15-6-3-7-16-25)21-24-13-4-2-5-14-24/h2,4-5,8-14,17-19,25H,3,6-7,15-16,20-22H2,1H3,(H,32,37). The minimum absolute atomic E-state index is 0.0883. The van der Waals surface area contributed by atoms with Gasteiger partial charge in [0.05, 0.1) is 17.6 Å². The van der Waals surface area contributed by atoms with Gasteiger partial charge in [0.25, 0.3) is 5.91 Å². The first-order valence-corrected chi connectivity index (χ1v) is 13.2. The molecule has 37 heavy (non-hydrogen) atoms. The molecule has 1 aromatic heterocycles. The summed E-state index contributed by atoms with van der Waals surface area (Å²) < 4.78 is 1.97. The van der Waals surface area contributed by atoms with Gasteiger partial charge in [0, 0.05) is 18.2 Å². The molecule has 1 aliphatic rings. The van der Waals surface area contributed by atoms with Gasteiger partial charge in [0.2, 0.25) is 5.91 Å². The lowest BCUT2D eigenvalue weighted by molar-refractivity contribution is -0.135. The number of hydrogen-bond acceptors (Lipinski definition) is 3. The number of hydrogen-bond donors (Lipinski definition) is 1. The van der Waals surface area contributed by atoms with Crippen molar-refractivity contribution in [2.75, 3.05) is 0 Å². The van der Waals surface area contributed by atoms with Crippen LogP contribution in [-0.2, 0) is 24.4 Å². The summed E-state index contributed by atoms with van der Waals surface area (Å²) in [6.07, 6.45) is 5.65. The number of amides is 2. The van der Waals surface area contributed by atoms with Crippen LogP contribution in [0.25, 0.3) is 11.0 Å². The van der Waals surface area contributed by atoms with Crippen molar-refractivity contribution < 1.29 is 9.59 Å². The number of rotatable bonds is 8. The highest BCUT2D eigenvalue weighted by Crippen LogP contribution is 2.25. The number of carbonyl (C=O) groups excluding carboxylic acids is 2. The molecule has 2 amide bonds. The predicted octanol–water partition coefficient (Wildman–Crippen LogP) is 5.64. The van der Waals surface area contributed by atoms with E-state index >= 15 is 0 Å². The smallest absolute Gasteiger partial charge is 0.251 e. The Bertz CT molecular complexity index is 1370. The van der Waals surface area contributed by atoms with Gasteiger partial charge in [-0.15, -0.1) is 0 Å². The number of nitrogens with zero attached hydrogens (tertiary/aromatic N) is 3. The van der Waals surface area contributed by atoms with E-state index in [2.05, 4.69) is 22.3 Å². The Morgan fingerprint density at radius 1 is 0.919 bits per heavy atom. The van der Waals surface area contributed by atoms with Crippen LogP contribution >= 0.6 is 0 Å². The summed E-state index contributed by atoms with van der Waals surface area (Å²) in [6, 6.07) is 25.9. The monoisotopic (exact) mass is 494 g/mol. The van der Waals surface area contributed by atoms with E-state index in [1.54, 1.807) is 0 Å². The number of nitrogens with one attached hydrogen (secondary N) is 1. The molecule has 1 N–H and O–H groups in total. The number of fused-ring (bicyclic) bond motifs is 1. The Kier molecular flexibility index (Phi) is 7.64. The number of carbonyl (C=O) groups is 2. The van der Waals surface area contributed by atoms with E-state index in [9.17, 15) is 9.59 Å². The van der Waals surface area contributed by atoms with Crippen molar-refractivity contribution in [2.45, 2.75) is 64.7 Å². The molecule has 5 rings (SSSR count). The molecule has 190 valence electrons. The summed E-state index contributed by atoms with van der Waals surface area (Å²) in [7, 11) is 0. The maximum atomic E-state index is 13.9. The highest BCUT2D eigenvalue weighted by molar-refractivity contribution is 5.95. The molecule has 1 fully saturated rings. The molecule has 0 atom stereocenters. The maximum absolute atomic E-state index is 13.9. The van der Waals surface area contributed by atoms with Crippen molar-refractivity contribution >= 4 is 22.8 Å². The number of benzene rings is 3. The first kappa shape index (κ1) is 24.8. The molecule has 6 nitrogen and oxygen atoms in total. The molecule has 1 heterocycles. The Morgan fingerprint density at radius 3 is 2.41 bits per heavy atom. The fourth-order valence-electron chi connectivity index (χ4n) is 5.34. The summed E-state index contributed by atoms with van der Waals surface area (Å²) in [4.78, 5) is 33.6. The second-order valence-electron chi connectivity index (χ2n) is 9.90. The normalized spacial score (nSPS) is 14.0. The maximum Gasteiger partial charge on any atom is 0.251 e. The van der Waals surface area contributed by atoms with Crippen LogP contribution in [0.4, 0.5) is 0 Å². The Morgan fingerprint density at radius 2 is 1.62 bits per heavy atom. The molecule has 0 radical (unpaired) electrons. The van der Waals surface area contributed by atoms with E-state index < -0.39 is 0 Å². The van der Waals surface area contributed by atoms with Gasteiger partial charge in [0.1, 0.15) is 12.4 Å². The third-order valence-corrected chi connectivity index (χ3v) is 7.36. The Hall–Kier alpha value is -3.93. The Balaban J connectivity index is 1.40. The molecule has 0 spiro atoms. The first-order chi connectivity index (χ1) is 18.1. The molecule has 0 saturated heterocycles. The SMILES string of the molecule is Cc1ccccc1C(=O)NCc1nc2ccccc2n1CC(=O)N(Cc1ccccc1)C1CCCCC1. The first-order valence-electron chi connectivity index (χ1n) is 13.2. The summed E-state index contributed by atoms with van der Waals surface area (Å²) in [6.45, 7) is 2.97. The summed E-state index contributed by atoms with van der Waals surface area (Å²) in [5.41, 5.74) is 4.44. The van der Waals surface area contributed by atoms with Gasteiger partial charge in [0.15, 0.2) is 0 Å². The zero-order valence-corrected chi connectivity index (χ0v) is 21.4. The van der Waals surface area contributed by atoms with Gasteiger partial charge in [-0.05, 0) is 49.1 Å². The van der Waals surface area contributed by atoms with E-state index in [1.807, 2.05) is 78.2 Å². The fraction of sp³-hybridized carbons (Fsp3) is 0.323. The van der Waals surface area contributed by atoms with Gasteiger partial charge >= 0.3 is 0 Å². The second kappa shape index (κ2) is 11.4. The number of para-hydroxylation sites is 2. The quantitative estimate of drug-likeness (QED) is 0.345. The predicted molar refractivity (Wildman–Crippen MR) is 146 cm³/mol. The molecule has 4 aromatic rings. The second-order valence-corrected chi connectivity index (χ2v) is 9.90. The lowest BCUT2D eigenvalue weighted by atomic mass is 9.93. The third kappa shape index (κ3) is 5.74. The molecule has 6 heteroatoms. The molecule has 0 aliphatic heterocycles. The molecule has 1 aliphatic carbocycles. The van der Waals surface area contributed by atoms with Gasteiger partial charge in [-0.1, -0.05) is 79.9 Å². The highest BCUT2D eigenvalue weighted by Gasteiger charge is 2.27. The van der Waals surface area contributed by atoms with Crippen LogP contribution in [-0.4, -0.2) is 32.3 Å². The lowest BCUT2D eigenvalue weighted by Crippen LogP contribution is -2.42. The zero-order valence-electron chi connectivity index (χ0n) is 21.4. The van der Waals surface area contributed by atoms with Crippen LogP contribution in [0.5, 0.6) is 0 Å². The van der Waals surface area contributed by atoms with Crippen LogP contribution in [0.1, 0.15) is 59.4 Å². The van der Waals surface area contributed by atoms with E-state index in [0.717, 1.165) is 47.8 Å². The van der Waals surface area contributed by atoms with E-state index in [-0.39, 0.29) is 30.9 Å². The van der Waals surface area contributed by atoms with Crippen molar-refractivity contribution in [3.05, 3.63) is 101 Å². The molecule has 3 aromatic carbocycles. The summed E-state index contributed by atoms with van der Waals surface area (Å²) >= 11 is 0. The fourth-order valence-corrected chi connectivity index (χ4v) is 5.34. The summed E-state index contributed by atoms with van der Waals surface area (Å²) in [5.74, 6) is 0.626. The van der Waals surface area contributed by atoms with Gasteiger partial charge in [-0.2, -0.15) is 0 Å². The number of imidazole rings is 1. The minimum Gasteiger partial charge on any atom is -0.345 e. The minimum atomic E-state index is -0.143. The van der Waals surface area contributed by atoms with Crippen LogP contribution in [0.3, 0.4) is 0 Å². The average molecular weight is 495 g/mol. The van der Waals surface area contributed by atoms with E-state index in [1.165, 1.54) is 6.42 Å². The van der Waals surface area contributed by atoms with Crippen LogP contribution in [0, 0.1) is 6.92 Å². The highest BCUT2D eigenvalue weighted by atomic mass is 16.2. The number of aryl methyl sites for hydroxylation is 1. The topological polar surface area (TPSA) is 67.2 Å². The third-order valence-electron chi connectivity index (χ3n) is 7.36. The molecular weight excluding hydrogens is 460 g/mol. The largest absolute Gasteiger partial charge is 0.345 e. The average Bonchev–Trinajstić information content (AvgIpc) is 3.28.